The minimum Gasteiger partial charge on any atom is -0.368 e. The minimum absolute atomic E-state index is 0.0344. The normalized spacial score (nSPS) is 20.5. The Morgan fingerprint density at radius 2 is 2.04 bits per heavy atom. The van der Waals surface area contributed by atoms with Crippen molar-refractivity contribution in [3.8, 4) is 0 Å². The molecule has 0 bridgehead atoms. The van der Waals surface area contributed by atoms with Gasteiger partial charge in [0.25, 0.3) is 11.6 Å². The molecule has 1 aromatic rings. The molecule has 3 rings (SSSR count). The fraction of sp³-hybridized carbons (Fsp3) is 0.556. The second-order valence-corrected chi connectivity index (χ2v) is 6.88. The number of hydrogen-bond acceptors (Lipinski definition) is 6. The maximum absolute atomic E-state index is 12.4. The zero-order chi connectivity index (χ0) is 19.4. The molecule has 27 heavy (non-hydrogen) atoms. The zero-order valence-corrected chi connectivity index (χ0v) is 15.3. The van der Waals surface area contributed by atoms with E-state index in [4.69, 9.17) is 4.74 Å². The van der Waals surface area contributed by atoms with Gasteiger partial charge < -0.3 is 15.0 Å². The molecule has 9 nitrogen and oxygen atoms in total. The van der Waals surface area contributed by atoms with Crippen LogP contribution in [0.15, 0.2) is 18.2 Å². The molecule has 2 aliphatic rings. The van der Waals surface area contributed by atoms with Gasteiger partial charge in [-0.2, -0.15) is 0 Å². The van der Waals surface area contributed by atoms with Gasteiger partial charge in [0.05, 0.1) is 11.5 Å². The average Bonchev–Trinajstić information content (AvgIpc) is 3.18. The summed E-state index contributed by atoms with van der Waals surface area (Å²) in [5.41, 5.74) is 0.763. The molecule has 2 amide bonds. The van der Waals surface area contributed by atoms with Gasteiger partial charge in [-0.3, -0.25) is 24.6 Å². The number of aryl methyl sites for hydroxylation is 1. The van der Waals surface area contributed by atoms with Crippen LogP contribution in [0.5, 0.6) is 0 Å². The third-order valence-corrected chi connectivity index (χ3v) is 4.97. The van der Waals surface area contributed by atoms with Crippen molar-refractivity contribution in [2.45, 2.75) is 25.9 Å². The van der Waals surface area contributed by atoms with Crippen LogP contribution in [0, 0.1) is 17.0 Å². The minimum atomic E-state index is -0.502. The molecule has 0 aromatic heterocycles. The summed E-state index contributed by atoms with van der Waals surface area (Å²) >= 11 is 0. The van der Waals surface area contributed by atoms with Crippen LogP contribution in [-0.4, -0.2) is 72.0 Å². The van der Waals surface area contributed by atoms with Crippen LogP contribution < -0.4 is 5.32 Å². The highest BCUT2D eigenvalue weighted by molar-refractivity contribution is 5.95. The van der Waals surface area contributed by atoms with Crippen LogP contribution >= 0.6 is 0 Å². The summed E-state index contributed by atoms with van der Waals surface area (Å²) in [6.07, 6.45) is 1.37. The highest BCUT2D eigenvalue weighted by Crippen LogP contribution is 2.27. The summed E-state index contributed by atoms with van der Waals surface area (Å²) in [5, 5.41) is 13.8. The van der Waals surface area contributed by atoms with E-state index in [2.05, 4.69) is 5.32 Å². The van der Waals surface area contributed by atoms with E-state index in [1.165, 1.54) is 6.07 Å². The molecule has 0 aliphatic carbocycles. The number of anilines is 1. The molecule has 0 spiro atoms. The highest BCUT2D eigenvalue weighted by Gasteiger charge is 2.30. The van der Waals surface area contributed by atoms with Gasteiger partial charge in [0.15, 0.2) is 0 Å². The maximum atomic E-state index is 12.4. The third kappa shape index (κ3) is 4.61. The van der Waals surface area contributed by atoms with Gasteiger partial charge in [-0.1, -0.05) is 12.1 Å². The molecule has 1 N–H and O–H groups in total. The summed E-state index contributed by atoms with van der Waals surface area (Å²) in [5.74, 6) is -0.265. The molecule has 2 heterocycles. The lowest BCUT2D eigenvalue weighted by Crippen LogP contribution is -2.52. The van der Waals surface area contributed by atoms with Gasteiger partial charge in [0, 0.05) is 38.9 Å². The Kier molecular flexibility index (Phi) is 6.02. The maximum Gasteiger partial charge on any atom is 0.293 e. The summed E-state index contributed by atoms with van der Waals surface area (Å²) < 4.78 is 5.44. The van der Waals surface area contributed by atoms with Crippen molar-refractivity contribution in [1.29, 1.82) is 0 Å². The molecule has 2 aliphatic heterocycles. The second kappa shape index (κ2) is 8.45. The predicted molar refractivity (Wildman–Crippen MR) is 98.5 cm³/mol. The molecular weight excluding hydrogens is 352 g/mol. The van der Waals surface area contributed by atoms with Gasteiger partial charge >= 0.3 is 0 Å². The monoisotopic (exact) mass is 376 g/mol. The summed E-state index contributed by atoms with van der Waals surface area (Å²) in [4.78, 5) is 39.1. The number of nitro groups is 1. The quantitative estimate of drug-likeness (QED) is 0.611. The topological polar surface area (TPSA) is 105 Å². The number of nitro benzene ring substituents is 1. The van der Waals surface area contributed by atoms with E-state index >= 15 is 0 Å². The molecule has 9 heteroatoms. The molecule has 146 valence electrons. The standard InChI is InChI=1S/C18H24N4O5/c1-13-4-2-5-14(22(25)26)17(13)19-16(23)12-20-7-9-21(10-8-20)18(24)15-6-3-11-27-15/h2,4-5,15H,3,6-12H2,1H3,(H,19,23)/t15-/m0/s1. The number of carbonyl (C=O) groups is 2. The number of ether oxygens (including phenoxy) is 1. The molecule has 0 radical (unpaired) electrons. The SMILES string of the molecule is Cc1cccc([N+](=O)[O-])c1NC(=O)CN1CCN(C(=O)[C@@H]2CCCO2)CC1. The smallest absolute Gasteiger partial charge is 0.293 e. The zero-order valence-electron chi connectivity index (χ0n) is 15.3. The van der Waals surface area contributed by atoms with Gasteiger partial charge in [0.1, 0.15) is 11.8 Å². The first-order valence-corrected chi connectivity index (χ1v) is 9.12. The Bertz CT molecular complexity index is 724. The van der Waals surface area contributed by atoms with Crippen LogP contribution in [0.3, 0.4) is 0 Å². The van der Waals surface area contributed by atoms with Gasteiger partial charge in [-0.05, 0) is 25.3 Å². The van der Waals surface area contributed by atoms with Crippen molar-refractivity contribution in [2.75, 3.05) is 44.6 Å². The number of carbonyl (C=O) groups excluding carboxylic acids is 2. The lowest BCUT2D eigenvalue weighted by Gasteiger charge is -2.35. The van der Waals surface area contributed by atoms with E-state index in [1.807, 2.05) is 4.90 Å². The number of nitrogens with one attached hydrogen (secondary N) is 1. The Balaban J connectivity index is 1.51. The van der Waals surface area contributed by atoms with Crippen molar-refractivity contribution < 1.29 is 19.2 Å². The van der Waals surface area contributed by atoms with Crippen LogP contribution in [0.4, 0.5) is 11.4 Å². The van der Waals surface area contributed by atoms with Crippen molar-refractivity contribution in [2.24, 2.45) is 0 Å². The molecular formula is C18H24N4O5. The molecule has 1 aromatic carbocycles. The Labute approximate surface area is 157 Å². The van der Waals surface area contributed by atoms with Crippen LogP contribution in [0.25, 0.3) is 0 Å². The number of nitrogens with zero attached hydrogens (tertiary/aromatic N) is 3. The van der Waals surface area contributed by atoms with E-state index in [9.17, 15) is 19.7 Å². The Morgan fingerprint density at radius 1 is 1.30 bits per heavy atom. The van der Waals surface area contributed by atoms with Crippen molar-refractivity contribution in [3.05, 3.63) is 33.9 Å². The summed E-state index contributed by atoms with van der Waals surface area (Å²) in [6, 6.07) is 4.68. The van der Waals surface area contributed by atoms with E-state index in [-0.39, 0.29) is 35.8 Å². The molecule has 0 unspecified atom stereocenters. The number of para-hydroxylation sites is 1. The molecule has 1 atom stereocenters. The fourth-order valence-corrected chi connectivity index (χ4v) is 3.45. The number of rotatable bonds is 5. The summed E-state index contributed by atoms with van der Waals surface area (Å²) in [6.45, 7) is 4.77. The van der Waals surface area contributed by atoms with Crippen LogP contribution in [0.2, 0.25) is 0 Å². The number of benzene rings is 1. The van der Waals surface area contributed by atoms with Gasteiger partial charge in [-0.25, -0.2) is 0 Å². The fourth-order valence-electron chi connectivity index (χ4n) is 3.45. The van der Waals surface area contributed by atoms with Gasteiger partial charge in [0.2, 0.25) is 5.91 Å². The van der Waals surface area contributed by atoms with Crippen molar-refractivity contribution >= 4 is 23.2 Å². The van der Waals surface area contributed by atoms with Crippen molar-refractivity contribution in [1.82, 2.24) is 9.80 Å². The number of piperazine rings is 1. The van der Waals surface area contributed by atoms with E-state index in [0.717, 1.165) is 12.8 Å². The van der Waals surface area contributed by atoms with E-state index in [1.54, 1.807) is 24.0 Å². The molecule has 2 fully saturated rings. The molecule has 0 saturated carbocycles. The first-order chi connectivity index (χ1) is 13.0. The summed E-state index contributed by atoms with van der Waals surface area (Å²) in [7, 11) is 0. The Hall–Kier alpha value is -2.52. The second-order valence-electron chi connectivity index (χ2n) is 6.88. The first kappa shape index (κ1) is 19.2. The van der Waals surface area contributed by atoms with Gasteiger partial charge in [-0.15, -0.1) is 0 Å². The van der Waals surface area contributed by atoms with Crippen molar-refractivity contribution in [3.63, 3.8) is 0 Å². The average molecular weight is 376 g/mol. The van der Waals surface area contributed by atoms with Crippen LogP contribution in [-0.2, 0) is 14.3 Å². The number of hydrogen-bond donors (Lipinski definition) is 1. The molecule has 2 saturated heterocycles. The van der Waals surface area contributed by atoms with Crippen LogP contribution in [0.1, 0.15) is 18.4 Å². The Morgan fingerprint density at radius 3 is 2.67 bits per heavy atom. The predicted octanol–water partition coefficient (Wildman–Crippen LogP) is 1.16. The number of amides is 2. The lowest BCUT2D eigenvalue weighted by molar-refractivity contribution is -0.384. The lowest BCUT2D eigenvalue weighted by atomic mass is 10.1. The first-order valence-electron chi connectivity index (χ1n) is 9.12. The van der Waals surface area contributed by atoms with E-state index in [0.29, 0.717) is 38.3 Å². The largest absolute Gasteiger partial charge is 0.368 e. The highest BCUT2D eigenvalue weighted by atomic mass is 16.6. The van der Waals surface area contributed by atoms with E-state index < -0.39 is 4.92 Å². The third-order valence-electron chi connectivity index (χ3n) is 4.97.